The average Bonchev–Trinajstić information content (AvgIpc) is 2.70. The zero-order valence-corrected chi connectivity index (χ0v) is 8.60. The number of ether oxygens (including phenoxy) is 1. The Morgan fingerprint density at radius 3 is 2.81 bits per heavy atom. The van der Waals surface area contributed by atoms with E-state index in [0.29, 0.717) is 11.3 Å². The summed E-state index contributed by atoms with van der Waals surface area (Å²) in [6, 6.07) is 9.07. The van der Waals surface area contributed by atoms with Crippen molar-refractivity contribution in [3.05, 3.63) is 30.0 Å². The van der Waals surface area contributed by atoms with Crippen molar-refractivity contribution < 1.29 is 9.15 Å². The van der Waals surface area contributed by atoms with Crippen LogP contribution in [0.1, 0.15) is 5.69 Å². The average molecular weight is 215 g/mol. The molecular formula is C11H9N3O2. The van der Waals surface area contributed by atoms with Crippen LogP contribution in [-0.2, 0) is 0 Å². The van der Waals surface area contributed by atoms with Crippen LogP contribution in [0.15, 0.2) is 28.7 Å². The Balaban J connectivity index is 2.55. The predicted octanol–water partition coefficient (Wildman–Crippen LogP) is 1.80. The first-order chi connectivity index (χ1) is 7.76. The number of hydrogen-bond donors (Lipinski definition) is 1. The summed E-state index contributed by atoms with van der Waals surface area (Å²) in [5.74, 6) is 0.920. The summed E-state index contributed by atoms with van der Waals surface area (Å²) in [6.07, 6.45) is 0. The molecule has 0 amide bonds. The molecule has 80 valence electrons. The second-order valence-corrected chi connectivity index (χ2v) is 3.04. The molecule has 0 aliphatic rings. The van der Waals surface area contributed by atoms with Gasteiger partial charge in [-0.3, -0.25) is 0 Å². The van der Waals surface area contributed by atoms with Crippen molar-refractivity contribution >= 4 is 5.88 Å². The van der Waals surface area contributed by atoms with Crippen molar-refractivity contribution in [3.63, 3.8) is 0 Å². The quantitative estimate of drug-likeness (QED) is 0.825. The summed E-state index contributed by atoms with van der Waals surface area (Å²) in [7, 11) is 1.55. The highest BCUT2D eigenvalue weighted by atomic mass is 16.5. The highest BCUT2D eigenvalue weighted by Crippen LogP contribution is 2.30. The number of benzene rings is 1. The van der Waals surface area contributed by atoms with Gasteiger partial charge in [-0.25, -0.2) is 0 Å². The van der Waals surface area contributed by atoms with E-state index in [1.54, 1.807) is 19.2 Å². The summed E-state index contributed by atoms with van der Waals surface area (Å²) >= 11 is 0. The molecule has 0 saturated heterocycles. The van der Waals surface area contributed by atoms with E-state index in [1.165, 1.54) is 0 Å². The number of nitriles is 1. The molecule has 0 aliphatic heterocycles. The molecule has 0 bridgehead atoms. The number of hydrogen-bond acceptors (Lipinski definition) is 5. The number of oxazole rings is 1. The minimum absolute atomic E-state index is 0.0170. The highest BCUT2D eigenvalue weighted by molar-refractivity contribution is 5.64. The van der Waals surface area contributed by atoms with Gasteiger partial charge in [0.05, 0.1) is 12.7 Å². The molecule has 5 heteroatoms. The summed E-state index contributed by atoms with van der Waals surface area (Å²) in [5.41, 5.74) is 6.24. The van der Waals surface area contributed by atoms with Crippen molar-refractivity contribution in [2.45, 2.75) is 0 Å². The van der Waals surface area contributed by atoms with Crippen LogP contribution in [0, 0.1) is 11.3 Å². The zero-order valence-electron chi connectivity index (χ0n) is 8.60. The SMILES string of the molecule is COc1ccccc1-c1nc(C#N)c(N)o1. The van der Waals surface area contributed by atoms with Crippen molar-refractivity contribution in [2.75, 3.05) is 12.8 Å². The lowest BCUT2D eigenvalue weighted by Gasteiger charge is -2.03. The van der Waals surface area contributed by atoms with E-state index in [9.17, 15) is 0 Å². The maximum atomic E-state index is 8.72. The normalized spacial score (nSPS) is 9.75. The molecule has 0 spiro atoms. The van der Waals surface area contributed by atoms with Crippen LogP contribution in [-0.4, -0.2) is 12.1 Å². The second kappa shape index (κ2) is 3.95. The number of methoxy groups -OCH3 is 1. The number of rotatable bonds is 2. The first-order valence-electron chi connectivity index (χ1n) is 4.56. The Morgan fingerprint density at radius 1 is 1.44 bits per heavy atom. The third kappa shape index (κ3) is 1.57. The molecule has 0 unspecified atom stereocenters. The van der Waals surface area contributed by atoms with Crippen molar-refractivity contribution in [3.8, 4) is 23.3 Å². The maximum Gasteiger partial charge on any atom is 0.233 e. The summed E-state index contributed by atoms with van der Waals surface area (Å²) in [5, 5.41) is 8.72. The van der Waals surface area contributed by atoms with E-state index >= 15 is 0 Å². The van der Waals surface area contributed by atoms with Crippen LogP contribution in [0.4, 0.5) is 5.88 Å². The Bertz CT molecular complexity index is 555. The lowest BCUT2D eigenvalue weighted by atomic mass is 10.2. The highest BCUT2D eigenvalue weighted by Gasteiger charge is 2.14. The molecule has 0 saturated carbocycles. The Kier molecular flexibility index (Phi) is 2.48. The van der Waals surface area contributed by atoms with Crippen LogP contribution in [0.3, 0.4) is 0 Å². The number of para-hydroxylation sites is 1. The smallest absolute Gasteiger partial charge is 0.233 e. The first kappa shape index (κ1) is 10.1. The van der Waals surface area contributed by atoms with Crippen LogP contribution >= 0.6 is 0 Å². The Labute approximate surface area is 92.1 Å². The van der Waals surface area contributed by atoms with Gasteiger partial charge >= 0.3 is 0 Å². The standard InChI is InChI=1S/C11H9N3O2/c1-15-9-5-3-2-4-7(9)11-14-8(6-12)10(13)16-11/h2-5H,13H2,1H3. The molecular weight excluding hydrogens is 206 g/mol. The predicted molar refractivity (Wildman–Crippen MR) is 57.6 cm³/mol. The van der Waals surface area contributed by atoms with Gasteiger partial charge in [-0.05, 0) is 12.1 Å². The summed E-state index contributed by atoms with van der Waals surface area (Å²) in [6.45, 7) is 0. The van der Waals surface area contributed by atoms with E-state index in [4.69, 9.17) is 20.1 Å². The number of aromatic nitrogens is 1. The second-order valence-electron chi connectivity index (χ2n) is 3.04. The largest absolute Gasteiger partial charge is 0.496 e. The van der Waals surface area contributed by atoms with Crippen molar-refractivity contribution in [1.82, 2.24) is 4.98 Å². The lowest BCUT2D eigenvalue weighted by molar-refractivity contribution is 0.414. The molecule has 2 aromatic rings. The lowest BCUT2D eigenvalue weighted by Crippen LogP contribution is -1.87. The van der Waals surface area contributed by atoms with Crippen LogP contribution in [0.5, 0.6) is 5.75 Å². The Morgan fingerprint density at radius 2 is 2.19 bits per heavy atom. The zero-order chi connectivity index (χ0) is 11.5. The number of nitrogen functional groups attached to an aromatic ring is 1. The fourth-order valence-corrected chi connectivity index (χ4v) is 1.35. The molecule has 5 nitrogen and oxygen atoms in total. The summed E-state index contributed by atoms with van der Waals surface area (Å²) in [4.78, 5) is 3.97. The van der Waals surface area contributed by atoms with Crippen molar-refractivity contribution in [1.29, 1.82) is 5.26 Å². The van der Waals surface area contributed by atoms with E-state index in [2.05, 4.69) is 4.98 Å². The molecule has 2 rings (SSSR count). The molecule has 1 heterocycles. The molecule has 0 atom stereocenters. The van der Waals surface area contributed by atoms with Gasteiger partial charge in [-0.1, -0.05) is 12.1 Å². The van der Waals surface area contributed by atoms with Gasteiger partial charge in [0, 0.05) is 0 Å². The topological polar surface area (TPSA) is 85.1 Å². The molecule has 0 radical (unpaired) electrons. The maximum absolute atomic E-state index is 8.72. The number of anilines is 1. The molecule has 2 N–H and O–H groups in total. The fraction of sp³-hybridized carbons (Fsp3) is 0.0909. The fourth-order valence-electron chi connectivity index (χ4n) is 1.35. The van der Waals surface area contributed by atoms with Crippen molar-refractivity contribution in [2.24, 2.45) is 0 Å². The van der Waals surface area contributed by atoms with E-state index in [0.717, 1.165) is 0 Å². The third-order valence-corrected chi connectivity index (χ3v) is 2.10. The number of nitrogens with two attached hydrogens (primary N) is 1. The van der Waals surface area contributed by atoms with Gasteiger partial charge in [0.25, 0.3) is 0 Å². The Hall–Kier alpha value is -2.48. The van der Waals surface area contributed by atoms with Gasteiger partial charge in [0.2, 0.25) is 17.5 Å². The van der Waals surface area contributed by atoms with E-state index in [-0.39, 0.29) is 17.5 Å². The van der Waals surface area contributed by atoms with E-state index < -0.39 is 0 Å². The van der Waals surface area contributed by atoms with Gasteiger partial charge in [0.1, 0.15) is 11.8 Å². The minimum atomic E-state index is 0.0170. The van der Waals surface area contributed by atoms with Crippen LogP contribution in [0.25, 0.3) is 11.5 Å². The van der Waals surface area contributed by atoms with Gasteiger partial charge in [0.15, 0.2) is 0 Å². The monoisotopic (exact) mass is 215 g/mol. The third-order valence-electron chi connectivity index (χ3n) is 2.10. The van der Waals surface area contributed by atoms with E-state index in [1.807, 2.05) is 18.2 Å². The first-order valence-corrected chi connectivity index (χ1v) is 4.56. The molecule has 0 aliphatic carbocycles. The van der Waals surface area contributed by atoms with Gasteiger partial charge < -0.3 is 14.9 Å². The summed E-state index contributed by atoms with van der Waals surface area (Å²) < 4.78 is 10.4. The van der Waals surface area contributed by atoms with Gasteiger partial charge in [-0.15, -0.1) is 0 Å². The van der Waals surface area contributed by atoms with Crippen LogP contribution in [0.2, 0.25) is 0 Å². The molecule has 16 heavy (non-hydrogen) atoms. The van der Waals surface area contributed by atoms with Gasteiger partial charge in [-0.2, -0.15) is 10.2 Å². The molecule has 1 aromatic carbocycles. The minimum Gasteiger partial charge on any atom is -0.496 e. The molecule has 1 aromatic heterocycles. The molecule has 0 fully saturated rings. The van der Waals surface area contributed by atoms with Crippen LogP contribution < -0.4 is 10.5 Å². The number of nitrogens with zero attached hydrogens (tertiary/aromatic N) is 2.